The van der Waals surface area contributed by atoms with Gasteiger partial charge in [-0.2, -0.15) is 0 Å². The van der Waals surface area contributed by atoms with Gasteiger partial charge < -0.3 is 20.5 Å². The van der Waals surface area contributed by atoms with Gasteiger partial charge in [-0.15, -0.1) is 0 Å². The number of carbonyl (C=O) groups is 1. The number of amides is 1. The van der Waals surface area contributed by atoms with Crippen molar-refractivity contribution in [3.8, 4) is 0 Å². The Hall–Kier alpha value is -1.59. The number of carbonyl (C=O) groups excluding carboxylic acids is 1. The zero-order valence-corrected chi connectivity index (χ0v) is 9.73. The van der Waals surface area contributed by atoms with E-state index in [-0.39, 0.29) is 18.6 Å². The lowest BCUT2D eigenvalue weighted by Gasteiger charge is -2.25. The molecule has 5 heteroatoms. The summed E-state index contributed by atoms with van der Waals surface area (Å²) in [5.74, 6) is -0.175. The fourth-order valence-corrected chi connectivity index (χ4v) is 1.46. The minimum atomic E-state index is -0.175. The largest absolute Gasteiger partial charge is 0.399 e. The first-order valence-electron chi connectivity index (χ1n) is 5.50. The molecule has 1 aliphatic rings. The third-order valence-electron chi connectivity index (χ3n) is 2.59. The number of aryl methyl sites for hydroxylation is 1. The molecule has 0 unspecified atom stereocenters. The van der Waals surface area contributed by atoms with E-state index in [0.717, 1.165) is 11.3 Å². The second-order valence-corrected chi connectivity index (χ2v) is 4.09. The molecule has 2 rings (SSSR count). The third kappa shape index (κ3) is 3.18. The van der Waals surface area contributed by atoms with E-state index in [0.29, 0.717) is 18.9 Å². The van der Waals surface area contributed by atoms with Crippen LogP contribution < -0.4 is 11.1 Å². The number of nitrogens with two attached hydrogens (primary N) is 1. The smallest absolute Gasteiger partial charge is 0.250 e. The molecule has 0 radical (unpaired) electrons. The van der Waals surface area contributed by atoms with E-state index >= 15 is 0 Å². The molecule has 17 heavy (non-hydrogen) atoms. The van der Waals surface area contributed by atoms with Gasteiger partial charge in [-0.25, -0.2) is 0 Å². The Morgan fingerprint density at radius 2 is 2.35 bits per heavy atom. The van der Waals surface area contributed by atoms with Crippen LogP contribution in [0.2, 0.25) is 0 Å². The zero-order chi connectivity index (χ0) is 12.3. The molecule has 1 aliphatic heterocycles. The normalized spacial score (nSPS) is 15.4. The van der Waals surface area contributed by atoms with Crippen LogP contribution in [-0.4, -0.2) is 31.8 Å². The Morgan fingerprint density at radius 3 is 3.00 bits per heavy atom. The first-order valence-corrected chi connectivity index (χ1v) is 5.50. The molecule has 1 aromatic rings. The first-order chi connectivity index (χ1) is 8.15. The van der Waals surface area contributed by atoms with Gasteiger partial charge in [0, 0.05) is 11.4 Å². The van der Waals surface area contributed by atoms with Crippen molar-refractivity contribution in [3.05, 3.63) is 23.8 Å². The lowest BCUT2D eigenvalue weighted by Crippen LogP contribution is -2.38. The number of anilines is 2. The second-order valence-electron chi connectivity index (χ2n) is 4.09. The molecule has 0 bridgehead atoms. The number of benzene rings is 1. The summed E-state index contributed by atoms with van der Waals surface area (Å²) in [5.41, 5.74) is 7.98. The molecule has 0 aromatic heterocycles. The van der Waals surface area contributed by atoms with Gasteiger partial charge >= 0.3 is 0 Å². The molecule has 0 atom stereocenters. The average Bonchev–Trinajstić information content (AvgIpc) is 2.21. The van der Waals surface area contributed by atoms with Crippen molar-refractivity contribution in [3.63, 3.8) is 0 Å². The maximum absolute atomic E-state index is 11.6. The van der Waals surface area contributed by atoms with Crippen LogP contribution in [0.25, 0.3) is 0 Å². The molecule has 1 heterocycles. The zero-order valence-electron chi connectivity index (χ0n) is 9.73. The van der Waals surface area contributed by atoms with Crippen LogP contribution in [0.5, 0.6) is 0 Å². The van der Waals surface area contributed by atoms with Gasteiger partial charge in [0.05, 0.1) is 13.2 Å². The lowest BCUT2D eigenvalue weighted by atomic mass is 10.2. The number of nitrogens with one attached hydrogen (secondary N) is 1. The Labute approximate surface area is 99.9 Å². The van der Waals surface area contributed by atoms with E-state index in [1.807, 2.05) is 13.0 Å². The maximum atomic E-state index is 11.6. The average molecular weight is 236 g/mol. The van der Waals surface area contributed by atoms with E-state index in [1.54, 1.807) is 12.1 Å². The van der Waals surface area contributed by atoms with E-state index in [1.165, 1.54) is 0 Å². The Morgan fingerprint density at radius 1 is 1.59 bits per heavy atom. The fourth-order valence-electron chi connectivity index (χ4n) is 1.46. The van der Waals surface area contributed by atoms with Crippen LogP contribution in [0.1, 0.15) is 5.56 Å². The lowest BCUT2D eigenvalue weighted by molar-refractivity contribution is -0.144. The molecule has 92 valence electrons. The van der Waals surface area contributed by atoms with Crippen molar-refractivity contribution in [2.75, 3.05) is 30.9 Å². The van der Waals surface area contributed by atoms with Crippen LogP contribution >= 0.6 is 0 Å². The van der Waals surface area contributed by atoms with Gasteiger partial charge in [0.25, 0.3) is 0 Å². The van der Waals surface area contributed by atoms with Crippen LogP contribution in [-0.2, 0) is 14.3 Å². The highest BCUT2D eigenvalue weighted by atomic mass is 16.6. The summed E-state index contributed by atoms with van der Waals surface area (Å²) in [4.78, 5) is 11.6. The predicted molar refractivity (Wildman–Crippen MR) is 64.8 cm³/mol. The molecule has 3 N–H and O–H groups in total. The van der Waals surface area contributed by atoms with E-state index in [2.05, 4.69) is 5.32 Å². The van der Waals surface area contributed by atoms with Gasteiger partial charge in [-0.3, -0.25) is 4.79 Å². The van der Waals surface area contributed by atoms with Crippen molar-refractivity contribution < 1.29 is 14.3 Å². The Balaban J connectivity index is 1.86. The molecular formula is C12H16N2O3. The van der Waals surface area contributed by atoms with Crippen LogP contribution in [0.15, 0.2) is 18.2 Å². The number of hydrogen-bond acceptors (Lipinski definition) is 4. The van der Waals surface area contributed by atoms with Crippen molar-refractivity contribution in [2.45, 2.75) is 13.0 Å². The van der Waals surface area contributed by atoms with E-state index in [4.69, 9.17) is 15.2 Å². The molecule has 0 aliphatic carbocycles. The SMILES string of the molecule is Cc1ccc(N)cc1NC(=O)COC1COC1. The van der Waals surface area contributed by atoms with Gasteiger partial charge in [-0.1, -0.05) is 6.07 Å². The molecule has 5 nitrogen and oxygen atoms in total. The summed E-state index contributed by atoms with van der Waals surface area (Å²) < 4.78 is 10.3. The van der Waals surface area contributed by atoms with Crippen LogP contribution in [0.3, 0.4) is 0 Å². The van der Waals surface area contributed by atoms with Crippen molar-refractivity contribution in [1.82, 2.24) is 0 Å². The van der Waals surface area contributed by atoms with Gasteiger partial charge in [0.1, 0.15) is 12.7 Å². The van der Waals surface area contributed by atoms with Crippen LogP contribution in [0.4, 0.5) is 11.4 Å². The predicted octanol–water partition coefficient (Wildman–Crippen LogP) is 0.931. The molecule has 1 aromatic carbocycles. The minimum Gasteiger partial charge on any atom is -0.399 e. The highest BCUT2D eigenvalue weighted by Crippen LogP contribution is 2.18. The van der Waals surface area contributed by atoms with Crippen molar-refractivity contribution >= 4 is 17.3 Å². The second kappa shape index (κ2) is 5.16. The third-order valence-corrected chi connectivity index (χ3v) is 2.59. The Bertz CT molecular complexity index is 416. The van der Waals surface area contributed by atoms with Crippen molar-refractivity contribution in [1.29, 1.82) is 0 Å². The summed E-state index contributed by atoms with van der Waals surface area (Å²) in [7, 11) is 0. The first kappa shape index (κ1) is 11.9. The molecular weight excluding hydrogens is 220 g/mol. The summed E-state index contributed by atoms with van der Waals surface area (Å²) in [6.07, 6.45) is 0.0580. The van der Waals surface area contributed by atoms with Crippen LogP contribution in [0, 0.1) is 6.92 Å². The van der Waals surface area contributed by atoms with E-state index < -0.39 is 0 Å². The van der Waals surface area contributed by atoms with Gasteiger partial charge in [0.15, 0.2) is 0 Å². The highest BCUT2D eigenvalue weighted by molar-refractivity contribution is 5.92. The summed E-state index contributed by atoms with van der Waals surface area (Å²) >= 11 is 0. The van der Waals surface area contributed by atoms with Gasteiger partial charge in [0.2, 0.25) is 5.91 Å². The standard InChI is InChI=1S/C12H16N2O3/c1-8-2-3-9(13)4-11(8)14-12(15)7-17-10-5-16-6-10/h2-4,10H,5-7,13H2,1H3,(H,14,15). The monoisotopic (exact) mass is 236 g/mol. The fraction of sp³-hybridized carbons (Fsp3) is 0.417. The molecule has 1 saturated heterocycles. The number of ether oxygens (including phenoxy) is 2. The molecule has 0 spiro atoms. The number of rotatable bonds is 4. The van der Waals surface area contributed by atoms with E-state index in [9.17, 15) is 4.79 Å². The summed E-state index contributed by atoms with van der Waals surface area (Å²) in [5, 5.41) is 2.77. The minimum absolute atomic E-state index is 0.0439. The quantitative estimate of drug-likeness (QED) is 0.763. The highest BCUT2D eigenvalue weighted by Gasteiger charge is 2.19. The number of nitrogen functional groups attached to an aromatic ring is 1. The molecule has 1 fully saturated rings. The topological polar surface area (TPSA) is 73.6 Å². The van der Waals surface area contributed by atoms with Gasteiger partial charge in [-0.05, 0) is 24.6 Å². The summed E-state index contributed by atoms with van der Waals surface area (Å²) in [6, 6.07) is 5.40. The molecule has 1 amide bonds. The maximum Gasteiger partial charge on any atom is 0.250 e. The number of hydrogen-bond donors (Lipinski definition) is 2. The van der Waals surface area contributed by atoms with Crippen molar-refractivity contribution in [2.24, 2.45) is 0 Å². The summed E-state index contributed by atoms with van der Waals surface area (Å²) in [6.45, 7) is 3.10. The molecule has 0 saturated carbocycles. The Kier molecular flexibility index (Phi) is 3.61.